The fourth-order valence-corrected chi connectivity index (χ4v) is 0.993. The number of allylic oxidation sites excluding steroid dienone is 1. The van der Waals surface area contributed by atoms with Crippen LogP contribution in [0.5, 0.6) is 0 Å². The van der Waals surface area contributed by atoms with Crippen molar-refractivity contribution in [2.45, 2.75) is 6.92 Å². The van der Waals surface area contributed by atoms with Crippen LogP contribution in [0.1, 0.15) is 6.92 Å². The molecule has 0 amide bonds. The quantitative estimate of drug-likeness (QED) is 0.470. The Labute approximate surface area is 97.5 Å². The van der Waals surface area contributed by atoms with Gasteiger partial charge in [0.15, 0.2) is 5.78 Å². The van der Waals surface area contributed by atoms with Crippen LogP contribution < -0.4 is 5.73 Å². The van der Waals surface area contributed by atoms with Crippen LogP contribution in [0.3, 0.4) is 0 Å². The lowest BCUT2D eigenvalue weighted by molar-refractivity contribution is -0.112. The molecule has 0 unspecified atom stereocenters. The van der Waals surface area contributed by atoms with Gasteiger partial charge in [0.1, 0.15) is 5.94 Å². The first-order valence-electron chi connectivity index (χ1n) is 3.89. The number of nitrogens with two attached hydrogens (primary N) is 1. The Balaban J connectivity index is 0.000000288. The molecule has 0 bridgehead atoms. The molecule has 0 aliphatic heterocycles. The lowest BCUT2D eigenvalue weighted by Gasteiger charge is -1.94. The molecule has 0 fully saturated rings. The number of hydrogen-bond donors (Lipinski definition) is 1. The van der Waals surface area contributed by atoms with E-state index < -0.39 is 0 Å². The van der Waals surface area contributed by atoms with E-state index in [1.807, 2.05) is 0 Å². The van der Waals surface area contributed by atoms with Crippen LogP contribution in [0.4, 0.5) is 5.69 Å². The minimum absolute atomic E-state index is 0.259. The van der Waals surface area contributed by atoms with Gasteiger partial charge < -0.3 is 5.73 Å². The number of hydrogen-bond acceptors (Lipinski definition) is 3. The van der Waals surface area contributed by atoms with Gasteiger partial charge in [-0.3, -0.25) is 4.79 Å². The second kappa shape index (κ2) is 7.07. The number of nitrogen functional groups attached to an aromatic ring is 1. The van der Waals surface area contributed by atoms with Gasteiger partial charge in [-0.25, -0.2) is 4.79 Å². The van der Waals surface area contributed by atoms with Crippen molar-refractivity contribution >= 4 is 40.6 Å². The number of carbonyl (C=O) groups excluding carboxylic acids is 2. The Kier molecular flexibility index (Phi) is 6.47. The standard InChI is InChI=1S/C6H5Cl2N.C4H4O2/c7-4-1-2-6(9)5(8)3-4;1-4(6)2-3-5/h1-3H,9H2;2H,1H3. The summed E-state index contributed by atoms with van der Waals surface area (Å²) < 4.78 is 0. The molecule has 0 aromatic heterocycles. The number of ketones is 1. The summed E-state index contributed by atoms with van der Waals surface area (Å²) in [6, 6.07) is 4.98. The predicted molar refractivity (Wildman–Crippen MR) is 61.8 cm³/mol. The Bertz CT molecular complexity index is 398. The molecule has 1 aromatic carbocycles. The normalized spacial score (nSPS) is 8.20. The van der Waals surface area contributed by atoms with Crippen LogP contribution in [0.15, 0.2) is 24.3 Å². The van der Waals surface area contributed by atoms with Crippen molar-refractivity contribution in [3.63, 3.8) is 0 Å². The van der Waals surface area contributed by atoms with E-state index in [1.165, 1.54) is 12.9 Å². The maximum Gasteiger partial charge on any atom is 0.163 e. The van der Waals surface area contributed by atoms with Gasteiger partial charge in [0.05, 0.1) is 16.8 Å². The lowest BCUT2D eigenvalue weighted by atomic mass is 10.3. The Morgan fingerprint density at radius 1 is 1.47 bits per heavy atom. The van der Waals surface area contributed by atoms with Gasteiger partial charge in [-0.1, -0.05) is 23.2 Å². The summed E-state index contributed by atoms with van der Waals surface area (Å²) in [5.41, 5.74) is 5.95. The van der Waals surface area contributed by atoms with Crippen molar-refractivity contribution in [2.24, 2.45) is 0 Å². The highest BCUT2D eigenvalue weighted by molar-refractivity contribution is 6.36. The average Bonchev–Trinajstić information content (AvgIpc) is 2.13. The first kappa shape index (κ1) is 13.7. The van der Waals surface area contributed by atoms with Crippen LogP contribution in [0.2, 0.25) is 10.0 Å². The molecule has 0 radical (unpaired) electrons. The highest BCUT2D eigenvalue weighted by Crippen LogP contribution is 2.21. The third-order valence-electron chi connectivity index (χ3n) is 1.22. The van der Waals surface area contributed by atoms with E-state index >= 15 is 0 Å². The van der Waals surface area contributed by atoms with E-state index in [0.29, 0.717) is 15.7 Å². The van der Waals surface area contributed by atoms with E-state index in [1.54, 1.807) is 18.2 Å². The highest BCUT2D eigenvalue weighted by atomic mass is 35.5. The van der Waals surface area contributed by atoms with Crippen molar-refractivity contribution in [3.05, 3.63) is 34.3 Å². The van der Waals surface area contributed by atoms with Crippen molar-refractivity contribution in [2.75, 3.05) is 5.73 Å². The fraction of sp³-hybridized carbons (Fsp3) is 0.100. The Morgan fingerprint density at radius 3 is 2.33 bits per heavy atom. The van der Waals surface area contributed by atoms with Crippen molar-refractivity contribution < 1.29 is 9.59 Å². The molecule has 0 spiro atoms. The zero-order valence-electron chi connectivity index (χ0n) is 7.96. The van der Waals surface area contributed by atoms with Crippen molar-refractivity contribution in [3.8, 4) is 0 Å². The molecule has 1 rings (SSSR count). The van der Waals surface area contributed by atoms with Gasteiger partial charge in [0, 0.05) is 5.02 Å². The summed E-state index contributed by atoms with van der Waals surface area (Å²) >= 11 is 11.2. The molecule has 15 heavy (non-hydrogen) atoms. The van der Waals surface area contributed by atoms with Crippen LogP contribution >= 0.6 is 23.2 Å². The summed E-state index contributed by atoms with van der Waals surface area (Å²) in [5.74, 6) is 1.08. The number of halogens is 2. The molecule has 80 valence electrons. The third kappa shape index (κ3) is 6.75. The minimum Gasteiger partial charge on any atom is -0.398 e. The molecule has 5 heteroatoms. The van der Waals surface area contributed by atoms with E-state index in [9.17, 15) is 9.59 Å². The number of carbonyl (C=O) groups is 1. The molecule has 0 heterocycles. The Morgan fingerprint density at radius 2 is 2.07 bits per heavy atom. The van der Waals surface area contributed by atoms with Gasteiger partial charge in [-0.15, -0.1) is 0 Å². The first-order chi connectivity index (χ1) is 6.97. The zero-order valence-corrected chi connectivity index (χ0v) is 9.47. The largest absolute Gasteiger partial charge is 0.398 e. The maximum absolute atomic E-state index is 9.73. The van der Waals surface area contributed by atoms with Gasteiger partial charge in [0.25, 0.3) is 0 Å². The van der Waals surface area contributed by atoms with Crippen molar-refractivity contribution in [1.82, 2.24) is 0 Å². The minimum atomic E-state index is -0.259. The molecule has 1 aromatic rings. The summed E-state index contributed by atoms with van der Waals surface area (Å²) in [4.78, 5) is 18.9. The maximum atomic E-state index is 9.73. The molecule has 0 aliphatic carbocycles. The number of anilines is 1. The second-order valence-corrected chi connectivity index (χ2v) is 3.38. The van der Waals surface area contributed by atoms with Crippen LogP contribution in [-0.4, -0.2) is 11.7 Å². The topological polar surface area (TPSA) is 60.2 Å². The van der Waals surface area contributed by atoms with E-state index in [-0.39, 0.29) is 5.78 Å². The summed E-state index contributed by atoms with van der Waals surface area (Å²) in [6.45, 7) is 1.30. The monoisotopic (exact) mass is 245 g/mol. The Hall–Kier alpha value is -1.28. The van der Waals surface area contributed by atoms with Crippen molar-refractivity contribution in [1.29, 1.82) is 0 Å². The van der Waals surface area contributed by atoms with Gasteiger partial charge in [0.2, 0.25) is 0 Å². The summed E-state index contributed by atoms with van der Waals surface area (Å²) in [6.07, 6.45) is 0.847. The van der Waals surface area contributed by atoms with E-state index in [0.717, 1.165) is 6.08 Å². The van der Waals surface area contributed by atoms with Gasteiger partial charge in [-0.05, 0) is 25.1 Å². The lowest BCUT2D eigenvalue weighted by Crippen LogP contribution is -1.83. The molecular weight excluding hydrogens is 237 g/mol. The molecule has 0 saturated carbocycles. The van der Waals surface area contributed by atoms with E-state index in [4.69, 9.17) is 28.9 Å². The van der Waals surface area contributed by atoms with Crippen LogP contribution in [0.25, 0.3) is 0 Å². The summed E-state index contributed by atoms with van der Waals surface area (Å²) in [5, 5.41) is 1.11. The first-order valence-corrected chi connectivity index (χ1v) is 4.65. The molecular formula is C10H9Cl2NO2. The molecule has 2 N–H and O–H groups in total. The van der Waals surface area contributed by atoms with Crippen LogP contribution in [-0.2, 0) is 9.59 Å². The fourth-order valence-electron chi connectivity index (χ4n) is 0.584. The predicted octanol–water partition coefficient (Wildman–Crippen LogP) is 2.54. The summed E-state index contributed by atoms with van der Waals surface area (Å²) in [7, 11) is 0. The van der Waals surface area contributed by atoms with E-state index in [2.05, 4.69) is 0 Å². The second-order valence-electron chi connectivity index (χ2n) is 2.54. The smallest absolute Gasteiger partial charge is 0.163 e. The SMILES string of the molecule is CC(=O)C=C=O.Nc1ccc(Cl)cc1Cl. The number of rotatable bonds is 1. The van der Waals surface area contributed by atoms with Crippen LogP contribution in [0, 0.1) is 0 Å². The highest BCUT2D eigenvalue weighted by Gasteiger charge is 1.93. The van der Waals surface area contributed by atoms with Gasteiger partial charge in [-0.2, -0.15) is 0 Å². The van der Waals surface area contributed by atoms with Gasteiger partial charge >= 0.3 is 0 Å². The third-order valence-corrected chi connectivity index (χ3v) is 1.79. The molecule has 0 saturated heterocycles. The molecule has 3 nitrogen and oxygen atoms in total. The molecule has 0 aliphatic rings. The molecule has 0 atom stereocenters. The average molecular weight is 246 g/mol. The number of benzene rings is 1. The zero-order chi connectivity index (χ0) is 11.8.